The first-order valence-electron chi connectivity index (χ1n) is 5.66. The van der Waals surface area contributed by atoms with Gasteiger partial charge in [-0.05, 0) is 31.4 Å². The smallest absolute Gasteiger partial charge is 0.314 e. The monoisotopic (exact) mass is 219 g/mol. The average Bonchev–Trinajstić information content (AvgIpc) is 2.71. The second-order valence-electron chi connectivity index (χ2n) is 4.69. The van der Waals surface area contributed by atoms with E-state index < -0.39 is 11.4 Å². The molecule has 0 spiro atoms. The topological polar surface area (TPSA) is 63.3 Å². The van der Waals surface area contributed by atoms with Crippen molar-refractivity contribution >= 4 is 11.7 Å². The zero-order valence-corrected chi connectivity index (χ0v) is 9.49. The van der Waals surface area contributed by atoms with Gasteiger partial charge in [-0.15, -0.1) is 0 Å². The molecule has 0 radical (unpaired) electrons. The molecule has 1 saturated carbocycles. The van der Waals surface area contributed by atoms with Crippen LogP contribution in [0.2, 0.25) is 0 Å². The SMILES string of the molecule is Cc1ccc(N)c(C2(C(=O)O)CCCC2)c1. The highest BCUT2D eigenvalue weighted by Crippen LogP contribution is 2.43. The number of hydrogen-bond donors (Lipinski definition) is 2. The largest absolute Gasteiger partial charge is 0.481 e. The number of nitrogen functional groups attached to an aromatic ring is 1. The molecule has 1 aromatic rings. The van der Waals surface area contributed by atoms with Gasteiger partial charge in [0.1, 0.15) is 0 Å². The lowest BCUT2D eigenvalue weighted by atomic mass is 9.77. The normalized spacial score (nSPS) is 18.6. The molecule has 3 N–H and O–H groups in total. The average molecular weight is 219 g/mol. The third kappa shape index (κ3) is 1.56. The van der Waals surface area contributed by atoms with E-state index in [0.717, 1.165) is 24.0 Å². The van der Waals surface area contributed by atoms with Gasteiger partial charge in [-0.25, -0.2) is 0 Å². The molecule has 0 heterocycles. The maximum Gasteiger partial charge on any atom is 0.314 e. The Morgan fingerprint density at radius 2 is 2.00 bits per heavy atom. The summed E-state index contributed by atoms with van der Waals surface area (Å²) in [6.07, 6.45) is 3.35. The molecule has 86 valence electrons. The molecule has 0 bridgehead atoms. The van der Waals surface area contributed by atoms with Crippen molar-refractivity contribution in [1.29, 1.82) is 0 Å². The van der Waals surface area contributed by atoms with Crippen molar-refractivity contribution < 1.29 is 9.90 Å². The number of carboxylic acid groups (broad SMARTS) is 1. The Balaban J connectivity index is 2.55. The van der Waals surface area contributed by atoms with E-state index in [1.54, 1.807) is 0 Å². The lowest BCUT2D eigenvalue weighted by molar-refractivity contribution is -0.143. The zero-order valence-electron chi connectivity index (χ0n) is 9.49. The van der Waals surface area contributed by atoms with Crippen molar-refractivity contribution in [3.05, 3.63) is 29.3 Å². The molecule has 0 amide bonds. The Morgan fingerprint density at radius 1 is 1.38 bits per heavy atom. The minimum absolute atomic E-state index is 0.606. The number of nitrogens with two attached hydrogens (primary N) is 1. The Hall–Kier alpha value is -1.51. The first kappa shape index (κ1) is 11.0. The Morgan fingerprint density at radius 3 is 2.56 bits per heavy atom. The standard InChI is InChI=1S/C13H17NO2/c1-9-4-5-11(14)10(8-9)13(12(15)16)6-2-3-7-13/h4-5,8H,2-3,6-7,14H2,1H3,(H,15,16). The van der Waals surface area contributed by atoms with E-state index in [2.05, 4.69) is 0 Å². The molecular formula is C13H17NO2. The molecule has 0 aromatic heterocycles. The van der Waals surface area contributed by atoms with Gasteiger partial charge in [0, 0.05) is 5.69 Å². The van der Waals surface area contributed by atoms with Crippen LogP contribution < -0.4 is 5.73 Å². The Kier molecular flexibility index (Phi) is 2.62. The number of carbonyl (C=O) groups is 1. The molecule has 1 fully saturated rings. The van der Waals surface area contributed by atoms with Crippen molar-refractivity contribution in [3.63, 3.8) is 0 Å². The fourth-order valence-electron chi connectivity index (χ4n) is 2.66. The summed E-state index contributed by atoms with van der Waals surface area (Å²) in [5, 5.41) is 9.48. The minimum Gasteiger partial charge on any atom is -0.481 e. The second kappa shape index (κ2) is 3.81. The number of aliphatic carboxylic acids is 1. The molecule has 1 aliphatic carbocycles. The summed E-state index contributed by atoms with van der Waals surface area (Å²) in [4.78, 5) is 11.5. The van der Waals surface area contributed by atoms with Gasteiger partial charge in [0.15, 0.2) is 0 Å². The van der Waals surface area contributed by atoms with Gasteiger partial charge >= 0.3 is 5.97 Å². The molecule has 3 nitrogen and oxygen atoms in total. The van der Waals surface area contributed by atoms with E-state index >= 15 is 0 Å². The summed E-state index contributed by atoms with van der Waals surface area (Å²) >= 11 is 0. The van der Waals surface area contributed by atoms with Crippen LogP contribution >= 0.6 is 0 Å². The van der Waals surface area contributed by atoms with Crippen LogP contribution in [0.4, 0.5) is 5.69 Å². The highest BCUT2D eigenvalue weighted by Gasteiger charge is 2.44. The van der Waals surface area contributed by atoms with Crippen LogP contribution in [0.15, 0.2) is 18.2 Å². The number of hydrogen-bond acceptors (Lipinski definition) is 2. The van der Waals surface area contributed by atoms with E-state index in [-0.39, 0.29) is 0 Å². The molecule has 3 heteroatoms. The maximum absolute atomic E-state index is 11.5. The Bertz CT molecular complexity index is 420. The predicted octanol–water partition coefficient (Wildman–Crippen LogP) is 2.47. The predicted molar refractivity (Wildman–Crippen MR) is 63.4 cm³/mol. The molecule has 1 aromatic carbocycles. The summed E-state index contributed by atoms with van der Waals surface area (Å²) in [5.41, 5.74) is 7.66. The fraction of sp³-hybridized carbons (Fsp3) is 0.462. The number of anilines is 1. The summed E-state index contributed by atoms with van der Waals surface area (Å²) in [6.45, 7) is 1.97. The quantitative estimate of drug-likeness (QED) is 0.751. The van der Waals surface area contributed by atoms with Gasteiger partial charge < -0.3 is 10.8 Å². The summed E-state index contributed by atoms with van der Waals surface area (Å²) < 4.78 is 0. The van der Waals surface area contributed by atoms with E-state index in [4.69, 9.17) is 5.73 Å². The summed E-state index contributed by atoms with van der Waals surface area (Å²) in [6, 6.07) is 5.66. The van der Waals surface area contributed by atoms with Crippen LogP contribution in [0.3, 0.4) is 0 Å². The lowest BCUT2D eigenvalue weighted by Gasteiger charge is -2.26. The van der Waals surface area contributed by atoms with Gasteiger partial charge in [-0.2, -0.15) is 0 Å². The van der Waals surface area contributed by atoms with Crippen LogP contribution in [0.1, 0.15) is 36.8 Å². The lowest BCUT2D eigenvalue weighted by Crippen LogP contribution is -2.33. The van der Waals surface area contributed by atoms with Crippen molar-refractivity contribution in [3.8, 4) is 0 Å². The molecule has 2 rings (SSSR count). The van der Waals surface area contributed by atoms with Crippen LogP contribution in [0.5, 0.6) is 0 Å². The molecular weight excluding hydrogens is 202 g/mol. The van der Waals surface area contributed by atoms with E-state index in [1.165, 1.54) is 0 Å². The van der Waals surface area contributed by atoms with Gasteiger partial charge in [0.25, 0.3) is 0 Å². The number of rotatable bonds is 2. The van der Waals surface area contributed by atoms with E-state index in [9.17, 15) is 9.90 Å². The molecule has 16 heavy (non-hydrogen) atoms. The molecule has 0 unspecified atom stereocenters. The number of carboxylic acids is 1. The fourth-order valence-corrected chi connectivity index (χ4v) is 2.66. The number of benzene rings is 1. The van der Waals surface area contributed by atoms with Gasteiger partial charge in [0.05, 0.1) is 5.41 Å². The molecule has 0 aliphatic heterocycles. The van der Waals surface area contributed by atoms with Gasteiger partial charge in [-0.3, -0.25) is 4.79 Å². The minimum atomic E-state index is -0.740. The van der Waals surface area contributed by atoms with E-state index in [0.29, 0.717) is 18.5 Å². The second-order valence-corrected chi connectivity index (χ2v) is 4.69. The molecule has 0 saturated heterocycles. The Labute approximate surface area is 95.3 Å². The van der Waals surface area contributed by atoms with Crippen molar-refractivity contribution in [2.24, 2.45) is 0 Å². The third-order valence-corrected chi connectivity index (χ3v) is 3.59. The first-order valence-corrected chi connectivity index (χ1v) is 5.66. The van der Waals surface area contributed by atoms with Crippen LogP contribution in [0, 0.1) is 6.92 Å². The van der Waals surface area contributed by atoms with Crippen LogP contribution in [-0.4, -0.2) is 11.1 Å². The van der Waals surface area contributed by atoms with Crippen molar-refractivity contribution in [2.75, 3.05) is 5.73 Å². The van der Waals surface area contributed by atoms with Crippen LogP contribution in [-0.2, 0) is 10.2 Å². The van der Waals surface area contributed by atoms with Gasteiger partial charge in [-0.1, -0.05) is 30.5 Å². The zero-order chi connectivity index (χ0) is 11.8. The van der Waals surface area contributed by atoms with Crippen LogP contribution in [0.25, 0.3) is 0 Å². The highest BCUT2D eigenvalue weighted by molar-refractivity contribution is 5.84. The van der Waals surface area contributed by atoms with Gasteiger partial charge in [0.2, 0.25) is 0 Å². The molecule has 0 atom stereocenters. The summed E-state index contributed by atoms with van der Waals surface area (Å²) in [5.74, 6) is -0.734. The first-order chi connectivity index (χ1) is 7.56. The maximum atomic E-state index is 11.5. The number of aryl methyl sites for hydroxylation is 1. The highest BCUT2D eigenvalue weighted by atomic mass is 16.4. The van der Waals surface area contributed by atoms with Crippen molar-refractivity contribution in [1.82, 2.24) is 0 Å². The van der Waals surface area contributed by atoms with Crippen molar-refractivity contribution in [2.45, 2.75) is 38.0 Å². The summed E-state index contributed by atoms with van der Waals surface area (Å²) in [7, 11) is 0. The van der Waals surface area contributed by atoms with E-state index in [1.807, 2.05) is 25.1 Å². The third-order valence-electron chi connectivity index (χ3n) is 3.59. The molecule has 1 aliphatic rings.